The molecular formula is C38H38FN5O6. The Bertz CT molecular complexity index is 1880. The number of ether oxygens (including phenoxy) is 2. The first-order valence-electron chi connectivity index (χ1n) is 16.3. The van der Waals surface area contributed by atoms with E-state index in [1.54, 1.807) is 57.3 Å². The number of piperazine rings is 1. The molecular weight excluding hydrogens is 641 g/mol. The van der Waals surface area contributed by atoms with Crippen LogP contribution in [0.4, 0.5) is 9.18 Å². The summed E-state index contributed by atoms with van der Waals surface area (Å²) in [6.07, 6.45) is 1.16. The second-order valence-electron chi connectivity index (χ2n) is 12.1. The lowest BCUT2D eigenvalue weighted by Crippen LogP contribution is -2.66. The van der Waals surface area contributed by atoms with Crippen molar-refractivity contribution < 1.29 is 33.0 Å². The molecule has 2 heterocycles. The van der Waals surface area contributed by atoms with E-state index in [0.29, 0.717) is 17.9 Å². The normalized spacial score (nSPS) is 17.4. The highest BCUT2D eigenvalue weighted by Crippen LogP contribution is 2.31. The van der Waals surface area contributed by atoms with Gasteiger partial charge >= 0.3 is 12.0 Å². The minimum Gasteiger partial charge on any atom is -0.482 e. The highest BCUT2D eigenvalue weighted by atomic mass is 19.1. The molecule has 4 aromatic carbocycles. The summed E-state index contributed by atoms with van der Waals surface area (Å²) < 4.78 is 23.6. The molecule has 12 heteroatoms. The number of carbonyl (C=O) groups is 4. The van der Waals surface area contributed by atoms with E-state index >= 15 is 0 Å². The molecule has 4 aromatic rings. The van der Waals surface area contributed by atoms with Gasteiger partial charge in [-0.1, -0.05) is 72.8 Å². The van der Waals surface area contributed by atoms with Crippen LogP contribution < -0.4 is 10.1 Å². The van der Waals surface area contributed by atoms with E-state index in [9.17, 15) is 23.6 Å². The second kappa shape index (κ2) is 15.2. The second-order valence-corrected chi connectivity index (χ2v) is 12.1. The van der Waals surface area contributed by atoms with Crippen LogP contribution in [0.5, 0.6) is 5.75 Å². The number of methoxy groups -OCH3 is 1. The Morgan fingerprint density at radius 2 is 1.70 bits per heavy atom. The van der Waals surface area contributed by atoms with Gasteiger partial charge in [-0.3, -0.25) is 14.6 Å². The van der Waals surface area contributed by atoms with Gasteiger partial charge < -0.3 is 24.6 Å². The highest BCUT2D eigenvalue weighted by molar-refractivity contribution is 5.92. The summed E-state index contributed by atoms with van der Waals surface area (Å²) in [5.74, 6) is -0.907. The van der Waals surface area contributed by atoms with Gasteiger partial charge in [0.05, 0.1) is 26.7 Å². The van der Waals surface area contributed by atoms with Gasteiger partial charge in [0.1, 0.15) is 23.8 Å². The largest absolute Gasteiger partial charge is 0.482 e. The topological polar surface area (TPSA) is 112 Å². The number of nitrogens with zero attached hydrogens (tertiary/aromatic N) is 4. The molecule has 2 aliphatic rings. The van der Waals surface area contributed by atoms with Crippen molar-refractivity contribution in [1.82, 2.24) is 25.1 Å². The lowest BCUT2D eigenvalue weighted by atomic mass is 9.99. The van der Waals surface area contributed by atoms with Crippen molar-refractivity contribution in [2.24, 2.45) is 0 Å². The van der Waals surface area contributed by atoms with E-state index in [0.717, 1.165) is 21.9 Å². The first-order chi connectivity index (χ1) is 24.2. The predicted molar refractivity (Wildman–Crippen MR) is 184 cm³/mol. The number of halogens is 1. The van der Waals surface area contributed by atoms with Gasteiger partial charge in [-0.25, -0.2) is 14.0 Å². The van der Waals surface area contributed by atoms with E-state index in [2.05, 4.69) is 16.6 Å². The summed E-state index contributed by atoms with van der Waals surface area (Å²) >= 11 is 0. The van der Waals surface area contributed by atoms with Gasteiger partial charge in [0.15, 0.2) is 6.61 Å². The smallest absolute Gasteiger partial charge is 0.343 e. The number of benzene rings is 4. The van der Waals surface area contributed by atoms with Gasteiger partial charge in [0, 0.05) is 19.5 Å². The summed E-state index contributed by atoms with van der Waals surface area (Å²) in [5, 5.41) is 8.09. The minimum absolute atomic E-state index is 0.113. The first-order valence-corrected chi connectivity index (χ1v) is 16.3. The van der Waals surface area contributed by atoms with Crippen molar-refractivity contribution in [3.63, 3.8) is 0 Å². The van der Waals surface area contributed by atoms with Gasteiger partial charge in [0.2, 0.25) is 11.8 Å². The van der Waals surface area contributed by atoms with Crippen LogP contribution in [0.3, 0.4) is 0 Å². The number of rotatable bonds is 12. The molecule has 11 nitrogen and oxygen atoms in total. The van der Waals surface area contributed by atoms with Crippen molar-refractivity contribution >= 4 is 34.6 Å². The molecule has 2 saturated heterocycles. The number of hydrogen-bond acceptors (Lipinski definition) is 7. The van der Waals surface area contributed by atoms with Gasteiger partial charge in [0.25, 0.3) is 0 Å². The molecule has 4 amide bonds. The van der Waals surface area contributed by atoms with Crippen molar-refractivity contribution in [2.75, 3.05) is 33.4 Å². The first kappa shape index (κ1) is 34.1. The van der Waals surface area contributed by atoms with Crippen molar-refractivity contribution in [2.45, 2.75) is 31.7 Å². The zero-order valence-electron chi connectivity index (χ0n) is 27.7. The molecule has 6 rings (SSSR count). The maximum Gasteiger partial charge on any atom is 0.343 e. The van der Waals surface area contributed by atoms with Crippen molar-refractivity contribution in [3.05, 3.63) is 126 Å². The Labute approximate surface area is 289 Å². The summed E-state index contributed by atoms with van der Waals surface area (Å²) in [7, 11) is 1.28. The molecule has 50 heavy (non-hydrogen) atoms. The molecule has 0 spiro atoms. The number of fused-ring (bicyclic) bond motifs is 2. The van der Waals surface area contributed by atoms with E-state index < -0.39 is 24.2 Å². The van der Waals surface area contributed by atoms with Crippen LogP contribution in [-0.4, -0.2) is 89.2 Å². The number of amides is 4. The SMILES string of the molecule is C=CCN(C(=O)NCc1ccc(F)cc1)N1CC(=O)N2[C@@H](Cc3ccc(OCC(=O)OC)cc3)C(=O)N(Cc3cccc4ccccc34)C[C@@H]21. The van der Waals surface area contributed by atoms with Crippen molar-refractivity contribution in [1.29, 1.82) is 0 Å². The quantitative estimate of drug-likeness (QED) is 0.176. The average Bonchev–Trinajstić information content (AvgIpc) is 3.46. The molecule has 0 radical (unpaired) electrons. The Kier molecular flexibility index (Phi) is 10.4. The van der Waals surface area contributed by atoms with Crippen LogP contribution in [0.25, 0.3) is 10.8 Å². The van der Waals surface area contributed by atoms with Crippen LogP contribution in [0.15, 0.2) is 104 Å². The third-order valence-corrected chi connectivity index (χ3v) is 8.95. The standard InChI is InChI=1S/C38H38FN5O6/c1-3-19-42(38(48)40-21-27-11-15-30(39)16-12-27)43-24-35(45)44-33(20-26-13-17-31(18-14-26)50-25-36(46)49-2)37(47)41(23-34(43)44)22-29-9-6-8-28-7-4-5-10-32(28)29/h3-18,33-34H,1,19-25H2,2H3,(H,40,48)/t33-,34+/m0/s1. The average molecular weight is 680 g/mol. The van der Waals surface area contributed by atoms with Gasteiger partial charge in [-0.15, -0.1) is 6.58 Å². The molecule has 0 unspecified atom stereocenters. The molecule has 2 atom stereocenters. The van der Waals surface area contributed by atoms with E-state index in [-0.39, 0.29) is 56.8 Å². The molecule has 0 saturated carbocycles. The Balaban J connectivity index is 1.28. The van der Waals surface area contributed by atoms with E-state index in [1.807, 2.05) is 42.5 Å². The fraction of sp³-hybridized carbons (Fsp3) is 0.263. The maximum absolute atomic E-state index is 14.4. The zero-order valence-corrected chi connectivity index (χ0v) is 27.7. The minimum atomic E-state index is -0.851. The lowest BCUT2D eigenvalue weighted by Gasteiger charge is -2.46. The third kappa shape index (κ3) is 7.45. The number of hydrazine groups is 1. The summed E-state index contributed by atoms with van der Waals surface area (Å²) in [5.41, 5.74) is 2.46. The number of esters is 1. The number of nitrogens with one attached hydrogen (secondary N) is 1. The predicted octanol–water partition coefficient (Wildman–Crippen LogP) is 4.27. The van der Waals surface area contributed by atoms with Crippen LogP contribution in [0.1, 0.15) is 16.7 Å². The van der Waals surface area contributed by atoms with Crippen LogP contribution in [0.2, 0.25) is 0 Å². The summed E-state index contributed by atoms with van der Waals surface area (Å²) in [4.78, 5) is 56.7. The highest BCUT2D eigenvalue weighted by Gasteiger charge is 2.52. The zero-order chi connectivity index (χ0) is 35.2. The molecule has 1 N–H and O–H groups in total. The third-order valence-electron chi connectivity index (χ3n) is 8.95. The Morgan fingerprint density at radius 3 is 2.44 bits per heavy atom. The van der Waals surface area contributed by atoms with E-state index in [1.165, 1.54) is 24.3 Å². The molecule has 0 bridgehead atoms. The summed E-state index contributed by atoms with van der Waals surface area (Å²) in [6, 6.07) is 25.5. The van der Waals surface area contributed by atoms with Gasteiger partial charge in [-0.05, 0) is 51.7 Å². The summed E-state index contributed by atoms with van der Waals surface area (Å²) in [6.45, 7) is 4.22. The maximum atomic E-state index is 14.4. The Hall–Kier alpha value is -5.75. The fourth-order valence-electron chi connectivity index (χ4n) is 6.47. The number of urea groups is 1. The Morgan fingerprint density at radius 1 is 0.980 bits per heavy atom. The monoisotopic (exact) mass is 679 g/mol. The molecule has 2 aliphatic heterocycles. The van der Waals surface area contributed by atoms with Crippen molar-refractivity contribution in [3.8, 4) is 5.75 Å². The number of hydrogen-bond donors (Lipinski definition) is 1. The van der Waals surface area contributed by atoms with E-state index in [4.69, 9.17) is 4.74 Å². The fourth-order valence-corrected chi connectivity index (χ4v) is 6.47. The number of carbonyl (C=O) groups excluding carboxylic acids is 4. The van der Waals surface area contributed by atoms with Crippen LogP contribution in [-0.2, 0) is 38.6 Å². The molecule has 2 fully saturated rings. The van der Waals surface area contributed by atoms with Crippen LogP contribution in [0, 0.1) is 5.82 Å². The van der Waals surface area contributed by atoms with Gasteiger partial charge in [-0.2, -0.15) is 5.01 Å². The van der Waals surface area contributed by atoms with Crippen LogP contribution >= 0.6 is 0 Å². The molecule has 0 aromatic heterocycles. The lowest BCUT2D eigenvalue weighted by molar-refractivity contribution is -0.157. The molecule has 0 aliphatic carbocycles. The molecule has 258 valence electrons.